The molecule has 0 fully saturated rings. The van der Waals surface area contributed by atoms with Crippen molar-refractivity contribution in [3.05, 3.63) is 29.3 Å². The molecule has 1 aromatic heterocycles. The number of nitrogens with zero attached hydrogens (tertiary/aromatic N) is 2. The first-order valence-corrected chi connectivity index (χ1v) is 9.40. The topological polar surface area (TPSA) is 94.3 Å². The Kier molecular flexibility index (Phi) is 7.47. The maximum atomic E-state index is 12.1. The number of methoxy groups -OCH3 is 1. The van der Waals surface area contributed by atoms with Crippen LogP contribution in [0.2, 0.25) is 5.02 Å². The van der Waals surface area contributed by atoms with E-state index in [1.54, 1.807) is 24.3 Å². The van der Waals surface area contributed by atoms with Gasteiger partial charge in [0.2, 0.25) is 11.8 Å². The molecule has 2 rings (SSSR count). The Bertz CT molecular complexity index is 768. The van der Waals surface area contributed by atoms with Crippen molar-refractivity contribution in [2.45, 2.75) is 31.5 Å². The molecule has 9 heteroatoms. The fraction of sp³-hybridized carbons (Fsp3) is 0.412. The minimum absolute atomic E-state index is 0.0331. The van der Waals surface area contributed by atoms with Gasteiger partial charge in [-0.1, -0.05) is 49.7 Å². The van der Waals surface area contributed by atoms with Crippen LogP contribution in [0.15, 0.2) is 33.9 Å². The predicted molar refractivity (Wildman–Crippen MR) is 98.9 cm³/mol. The number of nitrogens with one attached hydrogen (secondary N) is 1. The Hall–Kier alpha value is -2.06. The predicted octanol–water partition coefficient (Wildman–Crippen LogP) is 3.19. The van der Waals surface area contributed by atoms with Gasteiger partial charge in [0.25, 0.3) is 5.22 Å². The Morgan fingerprint density at radius 1 is 1.38 bits per heavy atom. The van der Waals surface area contributed by atoms with Gasteiger partial charge < -0.3 is 14.5 Å². The van der Waals surface area contributed by atoms with E-state index < -0.39 is 12.0 Å². The molecule has 0 aliphatic rings. The van der Waals surface area contributed by atoms with Crippen molar-refractivity contribution < 1.29 is 18.7 Å². The monoisotopic (exact) mass is 397 g/mol. The maximum Gasteiger partial charge on any atom is 0.328 e. The van der Waals surface area contributed by atoms with Gasteiger partial charge in [-0.25, -0.2) is 4.79 Å². The van der Waals surface area contributed by atoms with Crippen LogP contribution in [-0.2, 0) is 14.3 Å². The Labute approximate surface area is 160 Å². The van der Waals surface area contributed by atoms with Crippen LogP contribution in [-0.4, -0.2) is 41.0 Å². The van der Waals surface area contributed by atoms with E-state index in [1.807, 2.05) is 13.8 Å². The molecule has 0 unspecified atom stereocenters. The lowest BCUT2D eigenvalue weighted by Gasteiger charge is -2.21. The van der Waals surface area contributed by atoms with E-state index in [-0.39, 0.29) is 22.8 Å². The van der Waals surface area contributed by atoms with Crippen LogP contribution in [0.4, 0.5) is 0 Å². The van der Waals surface area contributed by atoms with E-state index in [0.717, 1.165) is 18.2 Å². The molecule has 2 aromatic rings. The van der Waals surface area contributed by atoms with E-state index in [0.29, 0.717) is 16.5 Å². The molecule has 0 bridgehead atoms. The van der Waals surface area contributed by atoms with Crippen molar-refractivity contribution in [1.29, 1.82) is 0 Å². The van der Waals surface area contributed by atoms with Gasteiger partial charge >= 0.3 is 5.97 Å². The third-order valence-electron chi connectivity index (χ3n) is 3.79. The number of rotatable bonds is 8. The highest BCUT2D eigenvalue weighted by atomic mass is 35.5. The smallest absolute Gasteiger partial charge is 0.328 e. The molecule has 0 spiro atoms. The molecule has 1 aromatic carbocycles. The third kappa shape index (κ3) is 5.47. The normalized spacial score (nSPS) is 13.1. The van der Waals surface area contributed by atoms with Crippen LogP contribution in [0.3, 0.4) is 0 Å². The summed E-state index contributed by atoms with van der Waals surface area (Å²) in [5.41, 5.74) is 0.698. The molecule has 1 heterocycles. The van der Waals surface area contributed by atoms with Crippen molar-refractivity contribution in [2.75, 3.05) is 12.9 Å². The van der Waals surface area contributed by atoms with E-state index in [1.165, 1.54) is 7.11 Å². The van der Waals surface area contributed by atoms with Crippen molar-refractivity contribution in [2.24, 2.45) is 5.92 Å². The number of aromatic nitrogens is 2. The fourth-order valence-electron chi connectivity index (χ4n) is 2.14. The van der Waals surface area contributed by atoms with Gasteiger partial charge in [-0.15, -0.1) is 10.2 Å². The zero-order valence-corrected chi connectivity index (χ0v) is 16.3. The summed E-state index contributed by atoms with van der Waals surface area (Å²) in [6.07, 6.45) is 0.736. The van der Waals surface area contributed by atoms with Crippen LogP contribution < -0.4 is 5.32 Å². The summed E-state index contributed by atoms with van der Waals surface area (Å²) >= 11 is 7.03. The molecule has 0 saturated carbocycles. The zero-order chi connectivity index (χ0) is 19.1. The molecule has 7 nitrogen and oxygen atoms in total. The highest BCUT2D eigenvalue weighted by Crippen LogP contribution is 2.25. The number of hydrogen-bond acceptors (Lipinski definition) is 7. The number of ether oxygens (including phenoxy) is 1. The van der Waals surface area contributed by atoms with Crippen LogP contribution >= 0.6 is 23.4 Å². The largest absolute Gasteiger partial charge is 0.467 e. The second-order valence-electron chi connectivity index (χ2n) is 5.63. The molecule has 140 valence electrons. The molecule has 2 atom stereocenters. The Morgan fingerprint density at radius 2 is 2.15 bits per heavy atom. The number of carbonyl (C=O) groups is 2. The number of amides is 1. The van der Waals surface area contributed by atoms with Crippen LogP contribution in [0, 0.1) is 5.92 Å². The van der Waals surface area contributed by atoms with E-state index in [2.05, 4.69) is 15.5 Å². The van der Waals surface area contributed by atoms with E-state index >= 15 is 0 Å². The molecule has 1 N–H and O–H groups in total. The first kappa shape index (κ1) is 20.3. The molecular formula is C17H20ClN3O4S. The highest BCUT2D eigenvalue weighted by Gasteiger charge is 2.26. The van der Waals surface area contributed by atoms with Gasteiger partial charge in [0, 0.05) is 10.6 Å². The minimum atomic E-state index is -0.678. The molecule has 26 heavy (non-hydrogen) atoms. The summed E-state index contributed by atoms with van der Waals surface area (Å²) in [6.45, 7) is 3.82. The molecule has 0 aliphatic carbocycles. The van der Waals surface area contributed by atoms with E-state index in [9.17, 15) is 9.59 Å². The molecular weight excluding hydrogens is 378 g/mol. The molecule has 0 radical (unpaired) electrons. The van der Waals surface area contributed by atoms with Crippen LogP contribution in [0.5, 0.6) is 0 Å². The summed E-state index contributed by atoms with van der Waals surface area (Å²) in [4.78, 5) is 24.0. The van der Waals surface area contributed by atoms with Gasteiger partial charge in [0.1, 0.15) is 6.04 Å². The number of hydrogen-bond donors (Lipinski definition) is 1. The molecule has 1 amide bonds. The number of esters is 1. The number of thioether (sulfide) groups is 1. The quantitative estimate of drug-likeness (QED) is 0.539. The van der Waals surface area contributed by atoms with Crippen LogP contribution in [0.25, 0.3) is 11.5 Å². The SMILES string of the molecule is CC[C@@H](C)[C@@H](NC(=O)CSc1nnc(-c2cccc(Cl)c2)o1)C(=O)OC. The second kappa shape index (κ2) is 9.59. The van der Waals surface area contributed by atoms with Crippen LogP contribution in [0.1, 0.15) is 20.3 Å². The summed E-state index contributed by atoms with van der Waals surface area (Å²) < 4.78 is 10.3. The van der Waals surface area contributed by atoms with Gasteiger partial charge in [-0.2, -0.15) is 0 Å². The number of benzene rings is 1. The second-order valence-corrected chi connectivity index (χ2v) is 6.99. The van der Waals surface area contributed by atoms with Crippen molar-refractivity contribution in [3.8, 4) is 11.5 Å². The lowest BCUT2D eigenvalue weighted by atomic mass is 9.99. The molecule has 0 saturated heterocycles. The maximum absolute atomic E-state index is 12.1. The highest BCUT2D eigenvalue weighted by molar-refractivity contribution is 7.99. The van der Waals surface area contributed by atoms with E-state index in [4.69, 9.17) is 20.8 Å². The zero-order valence-electron chi connectivity index (χ0n) is 14.7. The van der Waals surface area contributed by atoms with Gasteiger partial charge in [-0.05, 0) is 24.1 Å². The first-order chi connectivity index (χ1) is 12.4. The van der Waals surface area contributed by atoms with Gasteiger partial charge in [-0.3, -0.25) is 4.79 Å². The summed E-state index contributed by atoms with van der Waals surface area (Å²) in [5, 5.41) is 11.4. The summed E-state index contributed by atoms with van der Waals surface area (Å²) in [5.74, 6) is -0.440. The average molecular weight is 398 g/mol. The van der Waals surface area contributed by atoms with Crippen molar-refractivity contribution in [1.82, 2.24) is 15.5 Å². The Balaban J connectivity index is 1.94. The standard InChI is InChI=1S/C17H20ClN3O4S/c1-4-10(2)14(16(23)24-3)19-13(22)9-26-17-21-20-15(25-17)11-6-5-7-12(18)8-11/h5-8,10,14H,4,9H2,1-3H3,(H,19,22)/t10-,14-/m1/s1. The number of halogens is 1. The van der Waals surface area contributed by atoms with Crippen molar-refractivity contribution >= 4 is 35.2 Å². The third-order valence-corrected chi connectivity index (χ3v) is 4.84. The lowest BCUT2D eigenvalue weighted by molar-refractivity contribution is -0.146. The fourth-order valence-corrected chi connectivity index (χ4v) is 2.91. The van der Waals surface area contributed by atoms with Gasteiger partial charge in [0.15, 0.2) is 0 Å². The minimum Gasteiger partial charge on any atom is -0.467 e. The summed E-state index contributed by atoms with van der Waals surface area (Å²) in [6, 6.07) is 6.36. The average Bonchev–Trinajstić information content (AvgIpc) is 3.12. The summed E-state index contributed by atoms with van der Waals surface area (Å²) in [7, 11) is 1.30. The first-order valence-electron chi connectivity index (χ1n) is 8.04. The molecule has 0 aliphatic heterocycles. The number of carbonyl (C=O) groups excluding carboxylic acids is 2. The Morgan fingerprint density at radius 3 is 2.81 bits per heavy atom. The lowest BCUT2D eigenvalue weighted by Crippen LogP contribution is -2.46. The van der Waals surface area contributed by atoms with Gasteiger partial charge in [0.05, 0.1) is 12.9 Å². The van der Waals surface area contributed by atoms with Crippen molar-refractivity contribution in [3.63, 3.8) is 0 Å².